The van der Waals surface area contributed by atoms with Crippen molar-refractivity contribution in [3.05, 3.63) is 11.8 Å². The highest BCUT2D eigenvalue weighted by molar-refractivity contribution is 6.99. The largest absolute Gasteiger partial charge is 0.475 e. The summed E-state index contributed by atoms with van der Waals surface area (Å²) in [7, 11) is 0. The van der Waals surface area contributed by atoms with Crippen LogP contribution in [0, 0.1) is 0 Å². The molecule has 3 heterocycles. The zero-order valence-electron chi connectivity index (χ0n) is 12.0. The number of hydrogen-bond acceptors (Lipinski definition) is 9. The first-order chi connectivity index (χ1) is 10.7. The Morgan fingerprint density at radius 2 is 2.27 bits per heavy atom. The van der Waals surface area contributed by atoms with E-state index in [1.165, 1.54) is 5.06 Å². The number of ether oxygens (including phenoxy) is 2. The molecule has 3 rings (SSSR count). The number of esters is 1. The molecular weight excluding hydrogens is 310 g/mol. The summed E-state index contributed by atoms with van der Waals surface area (Å²) in [6.07, 6.45) is 3.67. The van der Waals surface area contributed by atoms with E-state index in [0.717, 1.165) is 24.6 Å². The lowest BCUT2D eigenvalue weighted by molar-refractivity contribution is -0.254. The number of hydrogen-bond donors (Lipinski definition) is 0. The Hall–Kier alpha value is -2.00. The summed E-state index contributed by atoms with van der Waals surface area (Å²) in [5.41, 5.74) is 1.16. The van der Waals surface area contributed by atoms with Crippen LogP contribution >= 0.6 is 11.7 Å². The summed E-state index contributed by atoms with van der Waals surface area (Å²) in [5, 5.41) is 1.34. The number of fused-ring (bicyclic) bond motifs is 1. The molecule has 1 fully saturated rings. The lowest BCUT2D eigenvalue weighted by atomic mass is 10.1. The molecular formula is C13H15N3O5S. The molecule has 22 heavy (non-hydrogen) atoms. The summed E-state index contributed by atoms with van der Waals surface area (Å²) in [6.45, 7) is 3.07. The van der Waals surface area contributed by atoms with Crippen LogP contribution in [0.5, 0.6) is 5.88 Å². The Morgan fingerprint density at radius 3 is 3.09 bits per heavy atom. The predicted octanol–water partition coefficient (Wildman–Crippen LogP) is 1.15. The van der Waals surface area contributed by atoms with E-state index >= 15 is 0 Å². The molecule has 1 aromatic heterocycles. The molecule has 0 N–H and O–H groups in total. The fourth-order valence-corrected chi connectivity index (χ4v) is 2.73. The molecule has 0 spiro atoms. The van der Waals surface area contributed by atoms with Gasteiger partial charge in [-0.15, -0.1) is 4.37 Å². The maximum absolute atomic E-state index is 11.4. The first-order valence-electron chi connectivity index (χ1n) is 7.06. The average Bonchev–Trinajstić information content (AvgIpc) is 2.96. The highest BCUT2D eigenvalue weighted by Gasteiger charge is 2.42. The van der Waals surface area contributed by atoms with E-state index < -0.39 is 18.2 Å². The summed E-state index contributed by atoms with van der Waals surface area (Å²) < 4.78 is 19.1. The Kier molecular flexibility index (Phi) is 4.34. The van der Waals surface area contributed by atoms with Gasteiger partial charge in [0.15, 0.2) is 0 Å². The van der Waals surface area contributed by atoms with Gasteiger partial charge in [0, 0.05) is 12.1 Å². The molecule has 0 saturated carbocycles. The number of nitrogens with zero attached hydrogens (tertiary/aromatic N) is 3. The molecule has 2 aliphatic heterocycles. The molecule has 1 atom stereocenters. The molecule has 2 aliphatic rings. The standard InChI is InChI=1S/C13H15N3O5S/c1-2-3-7-19-10-9(14-22-15-10)8-5-4-6-16-11(8)20-12(17)13(18)21-16/h5,11H,2-4,6-7H2,1H3. The Morgan fingerprint density at radius 1 is 1.41 bits per heavy atom. The van der Waals surface area contributed by atoms with Crippen molar-refractivity contribution in [1.82, 2.24) is 13.8 Å². The maximum Gasteiger partial charge on any atom is 0.436 e. The second-order valence-corrected chi connectivity index (χ2v) is 5.37. The van der Waals surface area contributed by atoms with Gasteiger partial charge >= 0.3 is 11.9 Å². The van der Waals surface area contributed by atoms with Crippen molar-refractivity contribution in [3.63, 3.8) is 0 Å². The number of unbranched alkanes of at least 4 members (excludes halogenated alkanes) is 1. The van der Waals surface area contributed by atoms with Crippen molar-refractivity contribution < 1.29 is 23.9 Å². The van der Waals surface area contributed by atoms with Crippen LogP contribution in [0.1, 0.15) is 31.9 Å². The molecule has 1 aromatic rings. The second kappa shape index (κ2) is 6.41. The molecule has 0 aromatic carbocycles. The highest BCUT2D eigenvalue weighted by atomic mass is 32.1. The van der Waals surface area contributed by atoms with E-state index in [1.54, 1.807) is 0 Å². The van der Waals surface area contributed by atoms with E-state index in [0.29, 0.717) is 36.7 Å². The van der Waals surface area contributed by atoms with Crippen molar-refractivity contribution in [2.24, 2.45) is 0 Å². The Labute approximate surface area is 130 Å². The fourth-order valence-electron chi connectivity index (χ4n) is 2.21. The number of carbonyl (C=O) groups is 2. The monoisotopic (exact) mass is 325 g/mol. The van der Waals surface area contributed by atoms with Crippen LogP contribution in [0.25, 0.3) is 5.57 Å². The van der Waals surface area contributed by atoms with Crippen LogP contribution in [0.15, 0.2) is 6.08 Å². The quantitative estimate of drug-likeness (QED) is 0.452. The van der Waals surface area contributed by atoms with Crippen LogP contribution in [0.2, 0.25) is 0 Å². The van der Waals surface area contributed by atoms with Crippen molar-refractivity contribution in [1.29, 1.82) is 0 Å². The van der Waals surface area contributed by atoms with Gasteiger partial charge in [-0.2, -0.15) is 4.37 Å². The van der Waals surface area contributed by atoms with E-state index in [9.17, 15) is 9.59 Å². The van der Waals surface area contributed by atoms with E-state index in [-0.39, 0.29) is 0 Å². The summed E-state index contributed by atoms with van der Waals surface area (Å²) in [5.74, 6) is -1.60. The lowest BCUT2D eigenvalue weighted by Crippen LogP contribution is -2.50. The minimum atomic E-state index is -1.01. The number of hydroxylamine groups is 2. The van der Waals surface area contributed by atoms with Crippen LogP contribution in [-0.2, 0) is 19.2 Å². The fraction of sp³-hybridized carbons (Fsp3) is 0.538. The molecule has 0 radical (unpaired) electrons. The number of rotatable bonds is 5. The Bertz CT molecular complexity index is 615. The zero-order chi connectivity index (χ0) is 15.5. The van der Waals surface area contributed by atoms with Gasteiger partial charge in [-0.3, -0.25) is 0 Å². The predicted molar refractivity (Wildman–Crippen MR) is 75.6 cm³/mol. The van der Waals surface area contributed by atoms with Gasteiger partial charge in [0.25, 0.3) is 5.88 Å². The molecule has 0 amide bonds. The van der Waals surface area contributed by atoms with Crippen molar-refractivity contribution in [3.8, 4) is 5.88 Å². The molecule has 0 bridgehead atoms. The summed E-state index contributed by atoms with van der Waals surface area (Å²) >= 11 is 1.03. The smallest absolute Gasteiger partial charge is 0.436 e. The molecule has 9 heteroatoms. The summed E-state index contributed by atoms with van der Waals surface area (Å²) in [6, 6.07) is 0. The van der Waals surface area contributed by atoms with Crippen LogP contribution in [-0.4, -0.2) is 45.1 Å². The SMILES string of the molecule is CCCCOc1nsnc1C1=CCCN2OC(=O)C(=O)OC12. The minimum Gasteiger partial charge on any atom is -0.475 e. The average molecular weight is 325 g/mol. The van der Waals surface area contributed by atoms with Crippen molar-refractivity contribution in [2.75, 3.05) is 13.2 Å². The van der Waals surface area contributed by atoms with E-state index in [2.05, 4.69) is 15.7 Å². The van der Waals surface area contributed by atoms with Crippen LogP contribution < -0.4 is 4.74 Å². The highest BCUT2D eigenvalue weighted by Crippen LogP contribution is 2.34. The molecule has 0 aliphatic carbocycles. The van der Waals surface area contributed by atoms with Gasteiger partial charge < -0.3 is 14.3 Å². The third-order valence-corrected chi connectivity index (χ3v) is 3.81. The van der Waals surface area contributed by atoms with Gasteiger partial charge in [-0.05, 0) is 12.8 Å². The van der Waals surface area contributed by atoms with Crippen LogP contribution in [0.4, 0.5) is 0 Å². The molecule has 1 unspecified atom stereocenters. The lowest BCUT2D eigenvalue weighted by Gasteiger charge is -2.35. The van der Waals surface area contributed by atoms with Crippen molar-refractivity contribution in [2.45, 2.75) is 32.4 Å². The van der Waals surface area contributed by atoms with Gasteiger partial charge in [-0.25, -0.2) is 9.59 Å². The maximum atomic E-state index is 11.4. The molecule has 8 nitrogen and oxygen atoms in total. The topological polar surface area (TPSA) is 90.9 Å². The number of carbonyl (C=O) groups excluding carboxylic acids is 2. The van der Waals surface area contributed by atoms with Crippen molar-refractivity contribution >= 4 is 29.2 Å². The normalized spacial score (nSPS) is 21.7. The van der Waals surface area contributed by atoms with Gasteiger partial charge in [0.05, 0.1) is 18.3 Å². The third kappa shape index (κ3) is 2.81. The molecule has 118 valence electrons. The van der Waals surface area contributed by atoms with E-state index in [4.69, 9.17) is 14.3 Å². The van der Waals surface area contributed by atoms with Gasteiger partial charge in [0.1, 0.15) is 5.69 Å². The van der Waals surface area contributed by atoms with Gasteiger partial charge in [-0.1, -0.05) is 24.5 Å². The second-order valence-electron chi connectivity index (χ2n) is 4.85. The van der Waals surface area contributed by atoms with Gasteiger partial charge in [0.2, 0.25) is 6.23 Å². The van der Waals surface area contributed by atoms with E-state index in [1.807, 2.05) is 6.08 Å². The first-order valence-corrected chi connectivity index (χ1v) is 7.79. The third-order valence-electron chi connectivity index (χ3n) is 3.30. The first kappa shape index (κ1) is 14.9. The Balaban J connectivity index is 1.82. The van der Waals surface area contributed by atoms with Crippen LogP contribution in [0.3, 0.4) is 0 Å². The zero-order valence-corrected chi connectivity index (χ0v) is 12.8. The summed E-state index contributed by atoms with van der Waals surface area (Å²) in [4.78, 5) is 27.7. The molecule has 1 saturated heterocycles. The number of aromatic nitrogens is 2. The minimum absolute atomic E-state index is 0.416.